The molecule has 0 aliphatic rings. The smallest absolute Gasteiger partial charge is 0.115 e. The zero-order valence-corrected chi connectivity index (χ0v) is 7.81. The summed E-state index contributed by atoms with van der Waals surface area (Å²) in [4.78, 5) is 8.10. The van der Waals surface area contributed by atoms with Crippen LogP contribution in [-0.4, -0.2) is 20.4 Å². The fraction of sp³-hybridized carbons (Fsp3) is 0.333. The molecule has 70 valence electrons. The van der Waals surface area contributed by atoms with Crippen LogP contribution in [0.4, 0.5) is 0 Å². The number of aliphatic imine (C=N–C) groups is 1. The van der Waals surface area contributed by atoms with E-state index >= 15 is 0 Å². The lowest BCUT2D eigenvalue weighted by atomic mass is 10.3. The number of allylic oxidation sites excluding steroid dienone is 2. The lowest BCUT2D eigenvalue weighted by molar-refractivity contribution is 0.415. The molecule has 4 heteroatoms. The molecular formula is C9H13N3O. The van der Waals surface area contributed by atoms with Gasteiger partial charge in [-0.2, -0.15) is 0 Å². The van der Waals surface area contributed by atoms with Crippen LogP contribution in [0.5, 0.6) is 0 Å². The first-order valence-corrected chi connectivity index (χ1v) is 4.02. The highest BCUT2D eigenvalue weighted by Gasteiger charge is 1.88. The van der Waals surface area contributed by atoms with Crippen molar-refractivity contribution < 1.29 is 5.11 Å². The first-order chi connectivity index (χ1) is 6.18. The van der Waals surface area contributed by atoms with Gasteiger partial charge in [0.25, 0.3) is 0 Å². The van der Waals surface area contributed by atoms with Gasteiger partial charge in [-0.15, -0.1) is 0 Å². The zero-order chi connectivity index (χ0) is 9.68. The Hall–Kier alpha value is -1.58. The van der Waals surface area contributed by atoms with E-state index in [1.54, 1.807) is 25.5 Å². The van der Waals surface area contributed by atoms with Crippen LogP contribution in [0.15, 0.2) is 35.5 Å². The molecule has 0 aliphatic carbocycles. The Morgan fingerprint density at radius 2 is 2.38 bits per heavy atom. The average Bonchev–Trinajstić information content (AvgIpc) is 2.51. The summed E-state index contributed by atoms with van der Waals surface area (Å²) >= 11 is 0. The minimum absolute atomic E-state index is 0.270. The third-order valence-electron chi connectivity index (χ3n) is 1.46. The molecule has 4 nitrogen and oxygen atoms in total. The fourth-order valence-electron chi connectivity index (χ4n) is 0.912. The minimum Gasteiger partial charge on any atom is -0.513 e. The Morgan fingerprint density at radius 3 is 2.92 bits per heavy atom. The van der Waals surface area contributed by atoms with Crippen molar-refractivity contribution in [3.63, 3.8) is 0 Å². The molecule has 0 spiro atoms. The van der Waals surface area contributed by atoms with Crippen molar-refractivity contribution in [3.05, 3.63) is 30.6 Å². The van der Waals surface area contributed by atoms with Crippen LogP contribution < -0.4 is 0 Å². The fourth-order valence-corrected chi connectivity index (χ4v) is 0.912. The standard InChI is InChI=1S/C9H13N3O/c1-8(5-9(2)13)11-7-12-4-3-10-6-12/h3-6,13H,7H2,1-2H3/b9-5-,11-8+. The van der Waals surface area contributed by atoms with Crippen LogP contribution >= 0.6 is 0 Å². The van der Waals surface area contributed by atoms with E-state index in [1.807, 2.05) is 17.7 Å². The Kier molecular flexibility index (Phi) is 3.25. The highest BCUT2D eigenvalue weighted by Crippen LogP contribution is 1.91. The molecule has 0 aromatic carbocycles. The molecule has 0 aliphatic heterocycles. The molecule has 13 heavy (non-hydrogen) atoms. The predicted molar refractivity (Wildman–Crippen MR) is 51.7 cm³/mol. The van der Waals surface area contributed by atoms with Crippen LogP contribution in [0.25, 0.3) is 0 Å². The van der Waals surface area contributed by atoms with Crippen LogP contribution in [0, 0.1) is 0 Å². The quantitative estimate of drug-likeness (QED) is 0.567. The van der Waals surface area contributed by atoms with Gasteiger partial charge in [0.15, 0.2) is 0 Å². The van der Waals surface area contributed by atoms with Gasteiger partial charge in [-0.05, 0) is 19.9 Å². The molecule has 1 aromatic rings. The van der Waals surface area contributed by atoms with Gasteiger partial charge < -0.3 is 9.67 Å². The molecule has 1 N–H and O–H groups in total. The van der Waals surface area contributed by atoms with Crippen LogP contribution in [0.2, 0.25) is 0 Å². The second-order valence-electron chi connectivity index (χ2n) is 2.80. The third kappa shape index (κ3) is 3.55. The van der Waals surface area contributed by atoms with E-state index in [9.17, 15) is 0 Å². The third-order valence-corrected chi connectivity index (χ3v) is 1.46. The molecule has 0 unspecified atom stereocenters. The maximum absolute atomic E-state index is 8.94. The maximum atomic E-state index is 8.94. The number of hydrogen-bond donors (Lipinski definition) is 1. The van der Waals surface area contributed by atoms with E-state index in [-0.39, 0.29) is 5.76 Å². The molecule has 0 saturated carbocycles. The Labute approximate surface area is 77.3 Å². The largest absolute Gasteiger partial charge is 0.513 e. The number of aromatic nitrogens is 2. The average molecular weight is 179 g/mol. The van der Waals surface area contributed by atoms with Crippen LogP contribution in [-0.2, 0) is 6.67 Å². The summed E-state index contributed by atoms with van der Waals surface area (Å²) in [5.74, 6) is 0.270. The van der Waals surface area contributed by atoms with Crippen molar-refractivity contribution in [2.24, 2.45) is 4.99 Å². The summed E-state index contributed by atoms with van der Waals surface area (Å²) in [7, 11) is 0. The molecular weight excluding hydrogens is 166 g/mol. The lowest BCUT2D eigenvalue weighted by Gasteiger charge is -1.96. The predicted octanol–water partition coefficient (Wildman–Crippen LogP) is 1.76. The molecule has 0 radical (unpaired) electrons. The number of aliphatic hydroxyl groups is 1. The second kappa shape index (κ2) is 4.45. The SMILES string of the molecule is C/C(O)=C/C(C)=N/Cn1ccnc1. The van der Waals surface area contributed by atoms with Gasteiger partial charge in [-0.1, -0.05) is 0 Å². The van der Waals surface area contributed by atoms with Gasteiger partial charge >= 0.3 is 0 Å². The van der Waals surface area contributed by atoms with E-state index in [0.717, 1.165) is 5.71 Å². The van der Waals surface area contributed by atoms with Gasteiger partial charge in [0, 0.05) is 18.1 Å². The number of aliphatic hydroxyl groups excluding tert-OH is 1. The molecule has 1 heterocycles. The van der Waals surface area contributed by atoms with Gasteiger partial charge in [0.1, 0.15) is 6.67 Å². The Balaban J connectivity index is 2.53. The van der Waals surface area contributed by atoms with E-state index in [0.29, 0.717) is 6.67 Å². The summed E-state index contributed by atoms with van der Waals surface area (Å²) < 4.78 is 1.85. The Bertz CT molecular complexity index is 308. The Morgan fingerprint density at radius 1 is 1.62 bits per heavy atom. The summed E-state index contributed by atoms with van der Waals surface area (Å²) in [6.07, 6.45) is 6.87. The van der Waals surface area contributed by atoms with Gasteiger partial charge in [0.2, 0.25) is 0 Å². The molecule has 1 rings (SSSR count). The van der Waals surface area contributed by atoms with Crippen molar-refractivity contribution in [2.75, 3.05) is 0 Å². The lowest BCUT2D eigenvalue weighted by Crippen LogP contribution is -1.95. The number of nitrogens with zero attached hydrogens (tertiary/aromatic N) is 3. The topological polar surface area (TPSA) is 50.4 Å². The highest BCUT2D eigenvalue weighted by molar-refractivity contribution is 5.92. The van der Waals surface area contributed by atoms with Crippen molar-refractivity contribution in [1.29, 1.82) is 0 Å². The van der Waals surface area contributed by atoms with Crippen molar-refractivity contribution >= 4 is 5.71 Å². The second-order valence-corrected chi connectivity index (χ2v) is 2.80. The van der Waals surface area contributed by atoms with Crippen molar-refractivity contribution in [2.45, 2.75) is 20.5 Å². The summed E-state index contributed by atoms with van der Waals surface area (Å²) in [6.45, 7) is 4.00. The van der Waals surface area contributed by atoms with E-state index in [4.69, 9.17) is 5.11 Å². The molecule has 0 amide bonds. The van der Waals surface area contributed by atoms with Crippen LogP contribution in [0.3, 0.4) is 0 Å². The van der Waals surface area contributed by atoms with Crippen molar-refractivity contribution in [3.8, 4) is 0 Å². The monoisotopic (exact) mass is 179 g/mol. The maximum Gasteiger partial charge on any atom is 0.115 e. The normalized spacial score (nSPS) is 13.4. The molecule has 1 aromatic heterocycles. The number of hydrogen-bond acceptors (Lipinski definition) is 3. The van der Waals surface area contributed by atoms with Gasteiger partial charge in [-0.25, -0.2) is 4.98 Å². The summed E-state index contributed by atoms with van der Waals surface area (Å²) in [5, 5.41) is 8.94. The first kappa shape index (κ1) is 9.51. The van der Waals surface area contributed by atoms with Gasteiger partial charge in [-0.3, -0.25) is 4.99 Å². The number of rotatable bonds is 3. The number of imidazole rings is 1. The van der Waals surface area contributed by atoms with Crippen LogP contribution in [0.1, 0.15) is 13.8 Å². The molecule has 0 atom stereocenters. The zero-order valence-electron chi connectivity index (χ0n) is 7.81. The molecule has 0 saturated heterocycles. The molecule has 0 fully saturated rings. The van der Waals surface area contributed by atoms with Crippen molar-refractivity contribution in [1.82, 2.24) is 9.55 Å². The summed E-state index contributed by atoms with van der Waals surface area (Å²) in [6, 6.07) is 0. The van der Waals surface area contributed by atoms with E-state index in [2.05, 4.69) is 9.98 Å². The molecule has 0 bridgehead atoms. The van der Waals surface area contributed by atoms with E-state index < -0.39 is 0 Å². The minimum atomic E-state index is 0.270. The van der Waals surface area contributed by atoms with Gasteiger partial charge in [0.05, 0.1) is 12.1 Å². The highest BCUT2D eigenvalue weighted by atomic mass is 16.3. The first-order valence-electron chi connectivity index (χ1n) is 4.02. The van der Waals surface area contributed by atoms with E-state index in [1.165, 1.54) is 0 Å². The summed E-state index contributed by atoms with van der Waals surface area (Å²) in [5.41, 5.74) is 0.800.